The highest BCUT2D eigenvalue weighted by Gasteiger charge is 2.53. The lowest BCUT2D eigenvalue weighted by molar-refractivity contribution is -0.149. The van der Waals surface area contributed by atoms with Gasteiger partial charge in [0.25, 0.3) is 0 Å². The highest BCUT2D eigenvalue weighted by atomic mass is 16.2. The van der Waals surface area contributed by atoms with Crippen LogP contribution in [0, 0.1) is 16.7 Å². The van der Waals surface area contributed by atoms with Crippen molar-refractivity contribution in [3.05, 3.63) is 0 Å². The third-order valence-electron chi connectivity index (χ3n) is 4.40. The zero-order valence-corrected chi connectivity index (χ0v) is 11.4. The summed E-state index contributed by atoms with van der Waals surface area (Å²) in [5.41, 5.74) is -1.09. The molecule has 4 amide bonds. The van der Waals surface area contributed by atoms with E-state index in [2.05, 4.69) is 19.2 Å². The van der Waals surface area contributed by atoms with E-state index in [-0.39, 0.29) is 11.3 Å². The number of urea groups is 1. The second kappa shape index (κ2) is 3.80. The first kappa shape index (κ1) is 13.1. The van der Waals surface area contributed by atoms with Crippen molar-refractivity contribution < 1.29 is 14.4 Å². The molecule has 5 nitrogen and oxygen atoms in total. The van der Waals surface area contributed by atoms with Gasteiger partial charge in [0, 0.05) is 6.54 Å². The smallest absolute Gasteiger partial charge is 0.277 e. The van der Waals surface area contributed by atoms with Gasteiger partial charge in [-0.1, -0.05) is 13.8 Å². The number of amides is 4. The summed E-state index contributed by atoms with van der Waals surface area (Å²) in [4.78, 5) is 36.9. The van der Waals surface area contributed by atoms with Crippen LogP contribution in [0.25, 0.3) is 0 Å². The molecule has 0 aromatic carbocycles. The fourth-order valence-corrected chi connectivity index (χ4v) is 2.38. The van der Waals surface area contributed by atoms with Gasteiger partial charge in [-0.25, -0.2) is 4.79 Å². The van der Waals surface area contributed by atoms with Crippen molar-refractivity contribution in [2.24, 2.45) is 16.7 Å². The maximum Gasteiger partial charge on any atom is 0.330 e. The number of nitrogens with zero attached hydrogens (tertiary/aromatic N) is 1. The van der Waals surface area contributed by atoms with Crippen LogP contribution in [0.3, 0.4) is 0 Å². The van der Waals surface area contributed by atoms with E-state index in [9.17, 15) is 14.4 Å². The molecule has 2 rings (SSSR count). The Labute approximate surface area is 107 Å². The van der Waals surface area contributed by atoms with Gasteiger partial charge in [0.15, 0.2) is 0 Å². The van der Waals surface area contributed by atoms with Gasteiger partial charge >= 0.3 is 6.03 Å². The van der Waals surface area contributed by atoms with E-state index in [0.717, 1.165) is 12.8 Å². The topological polar surface area (TPSA) is 66.5 Å². The van der Waals surface area contributed by atoms with Crippen LogP contribution in [0.1, 0.15) is 40.5 Å². The van der Waals surface area contributed by atoms with Crippen molar-refractivity contribution in [3.8, 4) is 0 Å². The molecular formula is C13H20N2O3. The molecule has 0 aromatic heterocycles. The number of rotatable bonds is 3. The summed E-state index contributed by atoms with van der Waals surface area (Å²) in [6.07, 6.45) is 2.08. The van der Waals surface area contributed by atoms with E-state index < -0.39 is 17.4 Å². The molecule has 18 heavy (non-hydrogen) atoms. The molecule has 0 spiro atoms. The summed E-state index contributed by atoms with van der Waals surface area (Å²) in [6, 6.07) is -0.573. The number of imide groups is 2. The average molecular weight is 252 g/mol. The number of carbonyl (C=O) groups is 3. The highest BCUT2D eigenvalue weighted by molar-refractivity contribution is 6.18. The lowest BCUT2D eigenvalue weighted by atomic mass is 9.86. The molecule has 1 saturated carbocycles. The van der Waals surface area contributed by atoms with Crippen LogP contribution in [0.5, 0.6) is 0 Å². The van der Waals surface area contributed by atoms with E-state index in [1.165, 1.54) is 4.90 Å². The molecule has 0 atom stereocenters. The second-order valence-electron chi connectivity index (χ2n) is 6.29. The Morgan fingerprint density at radius 1 is 1.22 bits per heavy atom. The molecule has 1 N–H and O–H groups in total. The van der Waals surface area contributed by atoms with Gasteiger partial charge in [0.2, 0.25) is 11.8 Å². The van der Waals surface area contributed by atoms with Gasteiger partial charge in [-0.15, -0.1) is 0 Å². The Hall–Kier alpha value is -1.39. The molecule has 5 heteroatoms. The predicted octanol–water partition coefficient (Wildman–Crippen LogP) is 1.53. The summed E-state index contributed by atoms with van der Waals surface area (Å²) in [6.45, 7) is 7.75. The molecule has 2 fully saturated rings. The molecule has 100 valence electrons. The zero-order valence-electron chi connectivity index (χ0n) is 11.4. The van der Waals surface area contributed by atoms with Gasteiger partial charge in [-0.3, -0.25) is 19.8 Å². The largest absolute Gasteiger partial charge is 0.330 e. The van der Waals surface area contributed by atoms with Crippen LogP contribution in [0.4, 0.5) is 4.79 Å². The minimum absolute atomic E-state index is 0.0590. The van der Waals surface area contributed by atoms with Gasteiger partial charge < -0.3 is 0 Å². The third kappa shape index (κ3) is 1.82. The minimum Gasteiger partial charge on any atom is -0.277 e. The van der Waals surface area contributed by atoms with Crippen LogP contribution in [0.15, 0.2) is 0 Å². The molecule has 1 aliphatic heterocycles. The Bertz CT molecular complexity index is 422. The van der Waals surface area contributed by atoms with Crippen LogP contribution in [0.2, 0.25) is 0 Å². The van der Waals surface area contributed by atoms with E-state index in [1.807, 2.05) is 0 Å². The summed E-state index contributed by atoms with van der Waals surface area (Å²) in [5.74, 6) is -0.467. The molecule has 2 aliphatic rings. The molecule has 0 aromatic rings. The van der Waals surface area contributed by atoms with Gasteiger partial charge in [-0.2, -0.15) is 0 Å². The number of hydrogen-bond donors (Lipinski definition) is 1. The monoisotopic (exact) mass is 252 g/mol. The first-order valence-corrected chi connectivity index (χ1v) is 6.38. The molecule has 1 aliphatic carbocycles. The van der Waals surface area contributed by atoms with Gasteiger partial charge in [0.1, 0.15) is 5.41 Å². The van der Waals surface area contributed by atoms with Crippen molar-refractivity contribution in [1.29, 1.82) is 0 Å². The maximum absolute atomic E-state index is 12.2. The average Bonchev–Trinajstić information content (AvgIpc) is 3.03. The summed E-state index contributed by atoms with van der Waals surface area (Å²) >= 11 is 0. The fraction of sp³-hybridized carbons (Fsp3) is 0.769. The minimum atomic E-state index is -1.15. The van der Waals surface area contributed by atoms with Crippen LogP contribution in [-0.2, 0) is 9.59 Å². The van der Waals surface area contributed by atoms with Crippen molar-refractivity contribution in [3.63, 3.8) is 0 Å². The Balaban J connectivity index is 2.20. The van der Waals surface area contributed by atoms with Crippen LogP contribution >= 0.6 is 0 Å². The van der Waals surface area contributed by atoms with Crippen LogP contribution in [-0.4, -0.2) is 29.3 Å². The van der Waals surface area contributed by atoms with Crippen molar-refractivity contribution in [2.75, 3.05) is 6.54 Å². The first-order chi connectivity index (χ1) is 8.20. The van der Waals surface area contributed by atoms with Crippen molar-refractivity contribution in [1.82, 2.24) is 10.2 Å². The Morgan fingerprint density at radius 3 is 2.22 bits per heavy atom. The quantitative estimate of drug-likeness (QED) is 0.774. The van der Waals surface area contributed by atoms with E-state index in [0.29, 0.717) is 12.5 Å². The highest BCUT2D eigenvalue weighted by Crippen LogP contribution is 2.52. The van der Waals surface area contributed by atoms with Crippen molar-refractivity contribution in [2.45, 2.75) is 40.5 Å². The Kier molecular flexibility index (Phi) is 2.76. The normalized spacial score (nSPS) is 25.4. The molecule has 0 bridgehead atoms. The van der Waals surface area contributed by atoms with Crippen molar-refractivity contribution >= 4 is 17.8 Å². The van der Waals surface area contributed by atoms with Gasteiger partial charge in [0.05, 0.1) is 0 Å². The number of carbonyl (C=O) groups excluding carboxylic acids is 3. The lowest BCUT2D eigenvalue weighted by Gasteiger charge is -2.37. The fourth-order valence-electron chi connectivity index (χ4n) is 2.38. The molecule has 0 radical (unpaired) electrons. The second-order valence-corrected chi connectivity index (χ2v) is 6.29. The first-order valence-electron chi connectivity index (χ1n) is 6.38. The molecule has 1 heterocycles. The van der Waals surface area contributed by atoms with Gasteiger partial charge in [-0.05, 0) is 38.0 Å². The number of hydrogen-bond acceptors (Lipinski definition) is 3. The van der Waals surface area contributed by atoms with E-state index in [4.69, 9.17) is 0 Å². The third-order valence-corrected chi connectivity index (χ3v) is 4.40. The number of nitrogens with one attached hydrogen (secondary N) is 1. The molecular weight excluding hydrogens is 232 g/mol. The predicted molar refractivity (Wildman–Crippen MR) is 65.5 cm³/mol. The van der Waals surface area contributed by atoms with E-state index >= 15 is 0 Å². The SMILES string of the molecule is CC(C)C1(CN2C(=O)NC(=O)C(C)(C)C2=O)CC1. The number of barbiturate groups is 1. The maximum atomic E-state index is 12.2. The van der Waals surface area contributed by atoms with Crippen LogP contribution < -0.4 is 5.32 Å². The lowest BCUT2D eigenvalue weighted by Crippen LogP contribution is -2.62. The summed E-state index contributed by atoms with van der Waals surface area (Å²) in [7, 11) is 0. The summed E-state index contributed by atoms with van der Waals surface area (Å²) in [5, 5.41) is 2.27. The summed E-state index contributed by atoms with van der Waals surface area (Å²) < 4.78 is 0. The molecule has 1 saturated heterocycles. The Morgan fingerprint density at radius 2 is 1.78 bits per heavy atom. The zero-order chi connectivity index (χ0) is 13.7. The molecule has 0 unspecified atom stereocenters. The van der Waals surface area contributed by atoms with E-state index in [1.54, 1.807) is 13.8 Å². The standard InChI is InChI=1S/C13H20N2O3/c1-8(2)13(5-6-13)7-15-10(17)12(3,4)9(16)14-11(15)18/h8H,5-7H2,1-4H3,(H,14,16,18).